The second kappa shape index (κ2) is 18.0. The second-order valence-corrected chi connectivity index (χ2v) is 26.2. The van der Waals surface area contributed by atoms with Crippen molar-refractivity contribution in [2.45, 2.75) is 142 Å². The van der Waals surface area contributed by atoms with Crippen molar-refractivity contribution in [3.8, 4) is 0 Å². The Labute approximate surface area is 402 Å². The fourth-order valence-electron chi connectivity index (χ4n) is 9.00. The Balaban J connectivity index is 0.000000129. The normalized spacial score (nSPS) is 34.0. The van der Waals surface area contributed by atoms with E-state index in [9.17, 15) is 25.2 Å². The summed E-state index contributed by atoms with van der Waals surface area (Å²) in [7, 11) is -10.9. The Kier molecular flexibility index (Phi) is 14.3. The zero-order valence-corrected chi connectivity index (χ0v) is 42.4. The molecule has 7 unspecified atom stereocenters. The van der Waals surface area contributed by atoms with Crippen LogP contribution in [0, 0.1) is 16.7 Å². The summed E-state index contributed by atoms with van der Waals surface area (Å²) in [6.45, 7) is 21.5. The summed E-state index contributed by atoms with van der Waals surface area (Å²) in [6.07, 6.45) is 8.30. The Bertz CT molecular complexity index is 2020. The van der Waals surface area contributed by atoms with Crippen molar-refractivity contribution >= 4 is 53.5 Å². The molecule has 1 spiro atoms. The average molecular weight is 1030 g/mol. The van der Waals surface area contributed by atoms with Crippen molar-refractivity contribution < 1.29 is 58.3 Å². The molecule has 8 fully saturated rings. The van der Waals surface area contributed by atoms with Crippen LogP contribution >= 0.6 is 42.6 Å². The molecular formula is C48H62Cl3F6O7PS. The molecule has 370 valence electrons. The average Bonchev–Trinajstić information content (AvgIpc) is 4.14. The zero-order valence-electron chi connectivity index (χ0n) is 38.5. The Morgan fingerprint density at radius 2 is 0.955 bits per heavy atom. The molecule has 8 aliphatic rings. The molecular weight excluding hydrogens is 972 g/mol. The van der Waals surface area contributed by atoms with Crippen LogP contribution in [0.5, 0.6) is 0 Å². The maximum absolute atomic E-state index is 10.7. The predicted molar refractivity (Wildman–Crippen MR) is 249 cm³/mol. The number of ether oxygens (including phenoxy) is 7. The number of halogens is 9. The SMILES string of the molecule is CC1(C2CCC3(C)OC3C2)CO1.CC1(COCC2(C)COC2)COC1.CC12CCC3(CC1O2)OC3(C)C.Clc1ccc([S+](c2ccc(Cl)cc2)c2ccc(Cl)cc2)cc1.F[P-](F)(F)(F)(F)F. The van der Waals surface area contributed by atoms with E-state index in [-0.39, 0.29) is 49.7 Å². The van der Waals surface area contributed by atoms with Gasteiger partial charge < -0.3 is 33.2 Å². The Hall–Kier alpha value is -1.39. The van der Waals surface area contributed by atoms with Gasteiger partial charge in [-0.1, -0.05) is 48.7 Å². The molecule has 0 radical (unpaired) electrons. The monoisotopic (exact) mass is 1030 g/mol. The molecule has 3 aromatic rings. The topological polar surface area (TPSA) is 77.8 Å². The summed E-state index contributed by atoms with van der Waals surface area (Å²) in [5, 5.41) is 2.21. The van der Waals surface area contributed by atoms with Gasteiger partial charge in [0.25, 0.3) is 0 Å². The molecule has 18 heteroatoms. The number of benzene rings is 3. The van der Waals surface area contributed by atoms with Gasteiger partial charge in [-0.05, 0) is 145 Å². The summed E-state index contributed by atoms with van der Waals surface area (Å²) in [5.74, 6) is 0.762. The molecule has 3 aromatic carbocycles. The van der Waals surface area contributed by atoms with Crippen LogP contribution in [0.2, 0.25) is 15.1 Å². The second-order valence-electron chi connectivity index (χ2n) is 20.9. The van der Waals surface area contributed by atoms with Gasteiger partial charge in [-0.3, -0.25) is 0 Å². The predicted octanol–water partition coefficient (Wildman–Crippen LogP) is 14.8. The fraction of sp³-hybridized carbons (Fsp3) is 0.625. The minimum atomic E-state index is -10.7. The van der Waals surface area contributed by atoms with E-state index in [2.05, 4.69) is 84.9 Å². The van der Waals surface area contributed by atoms with Crippen LogP contribution in [0.25, 0.3) is 0 Å². The van der Waals surface area contributed by atoms with Gasteiger partial charge in [-0.25, -0.2) is 0 Å². The number of rotatable bonds is 8. The molecule has 6 heterocycles. The van der Waals surface area contributed by atoms with E-state index in [0.717, 1.165) is 73.7 Å². The van der Waals surface area contributed by atoms with E-state index in [1.54, 1.807) is 0 Å². The van der Waals surface area contributed by atoms with Gasteiger partial charge in [-0.15, -0.1) is 0 Å². The summed E-state index contributed by atoms with van der Waals surface area (Å²) in [4.78, 5) is 3.61. The van der Waals surface area contributed by atoms with Crippen LogP contribution in [0.4, 0.5) is 25.2 Å². The van der Waals surface area contributed by atoms with Crippen molar-refractivity contribution in [3.63, 3.8) is 0 Å². The third-order valence-electron chi connectivity index (χ3n) is 13.9. The van der Waals surface area contributed by atoms with Gasteiger partial charge in [0.1, 0.15) is 5.60 Å². The quantitative estimate of drug-likeness (QED) is 0.0963. The fourth-order valence-corrected chi connectivity index (χ4v) is 11.4. The van der Waals surface area contributed by atoms with Crippen LogP contribution in [0.1, 0.15) is 87.0 Å². The van der Waals surface area contributed by atoms with Crippen molar-refractivity contribution in [1.82, 2.24) is 0 Å². The minimum absolute atomic E-state index is 0.125. The summed E-state index contributed by atoms with van der Waals surface area (Å²) >= 11 is 18.1. The first-order valence-corrected chi connectivity index (χ1v) is 26.7. The Morgan fingerprint density at radius 3 is 1.27 bits per heavy atom. The molecule has 6 aliphatic heterocycles. The van der Waals surface area contributed by atoms with E-state index in [0.29, 0.717) is 12.2 Å². The van der Waals surface area contributed by atoms with E-state index in [4.69, 9.17) is 68.0 Å². The molecule has 0 bridgehead atoms. The first-order valence-electron chi connectivity index (χ1n) is 22.3. The third-order valence-corrected chi connectivity index (χ3v) is 16.9. The van der Waals surface area contributed by atoms with E-state index in [1.165, 1.54) is 46.8 Å². The molecule has 2 saturated carbocycles. The maximum atomic E-state index is 9.87. The number of fused-ring (bicyclic) bond motifs is 2. The Morgan fingerprint density at radius 1 is 0.576 bits per heavy atom. The molecule has 0 aromatic heterocycles. The summed E-state index contributed by atoms with van der Waals surface area (Å²) in [6, 6.07) is 23.9. The molecule has 2 aliphatic carbocycles. The summed E-state index contributed by atoms with van der Waals surface area (Å²) in [5.41, 5.74) is 1.60. The summed E-state index contributed by atoms with van der Waals surface area (Å²) < 4.78 is 97.8. The van der Waals surface area contributed by atoms with Gasteiger partial charge in [0.05, 0.1) is 91.8 Å². The molecule has 6 saturated heterocycles. The first-order chi connectivity index (χ1) is 30.3. The molecule has 0 N–H and O–H groups in total. The molecule has 7 nitrogen and oxygen atoms in total. The van der Waals surface area contributed by atoms with Crippen LogP contribution < -0.4 is 0 Å². The van der Waals surface area contributed by atoms with Gasteiger partial charge in [0, 0.05) is 32.3 Å². The number of hydrogen-bond donors (Lipinski definition) is 0. The van der Waals surface area contributed by atoms with Crippen molar-refractivity contribution in [1.29, 1.82) is 0 Å². The molecule has 7 atom stereocenters. The zero-order chi connectivity index (χ0) is 48.3. The van der Waals surface area contributed by atoms with Crippen molar-refractivity contribution in [2.24, 2.45) is 16.7 Å². The molecule has 11 rings (SSSR count). The number of hydrogen-bond acceptors (Lipinski definition) is 7. The van der Waals surface area contributed by atoms with E-state index < -0.39 is 7.81 Å². The van der Waals surface area contributed by atoms with Gasteiger partial charge >= 0.3 is 33.0 Å². The van der Waals surface area contributed by atoms with Gasteiger partial charge in [-0.2, -0.15) is 0 Å². The first kappa shape index (κ1) is 52.4. The van der Waals surface area contributed by atoms with Gasteiger partial charge in [0.2, 0.25) is 0 Å². The van der Waals surface area contributed by atoms with Gasteiger partial charge in [0.15, 0.2) is 14.7 Å². The molecule has 0 amide bonds. The van der Waals surface area contributed by atoms with Crippen LogP contribution in [-0.4, -0.2) is 86.5 Å². The number of epoxide rings is 4. The van der Waals surface area contributed by atoms with Crippen LogP contribution in [0.3, 0.4) is 0 Å². The van der Waals surface area contributed by atoms with Crippen molar-refractivity contribution in [3.05, 3.63) is 87.9 Å². The standard InChI is InChI=1S/C18H12Cl3S.C10H18O3.2C10H16O2.F6P/c19-13-1-7-16(8-2-13)22(17-9-3-14(20)4-10-17)18-11-5-15(21)6-12-18;1-9(3-11-4-9)7-13-8-10(2)5-12-6-10;1-8(2)10(12-8)5-4-9(3)7(6-10)11-9;1-9-4-3-7(5-8(9)12-9)10(2)6-11-10;1-7(2,3,4,5)6/h1-12H;3-8H2,1-2H3;7H,4-6H2,1-3H3;7-8H,3-6H2,1-2H3;/q+1;;;;-1. The van der Waals surface area contributed by atoms with Crippen molar-refractivity contribution in [2.75, 3.05) is 46.2 Å². The molecule has 66 heavy (non-hydrogen) atoms. The van der Waals surface area contributed by atoms with E-state index >= 15 is 0 Å². The van der Waals surface area contributed by atoms with E-state index in [1.807, 2.05) is 36.4 Å². The van der Waals surface area contributed by atoms with Crippen LogP contribution in [0.15, 0.2) is 87.5 Å². The third kappa shape index (κ3) is 14.4. The van der Waals surface area contributed by atoms with Crippen LogP contribution in [-0.2, 0) is 44.1 Å².